The maximum absolute atomic E-state index is 12.5. The van der Waals surface area contributed by atoms with Gasteiger partial charge >= 0.3 is 0 Å². The second-order valence-electron chi connectivity index (χ2n) is 6.03. The smallest absolute Gasteiger partial charge is 0.158 e. The number of rotatable bonds is 5. The number of hydrogen-bond donors (Lipinski definition) is 0. The van der Waals surface area contributed by atoms with Crippen LogP contribution in [-0.2, 0) is 21.1 Å². The van der Waals surface area contributed by atoms with Gasteiger partial charge in [-0.15, -0.1) is 11.3 Å². The number of hydrogen-bond acceptors (Lipinski definition) is 6. The Morgan fingerprint density at radius 3 is 2.90 bits per heavy atom. The highest BCUT2D eigenvalue weighted by Gasteiger charge is 2.61. The van der Waals surface area contributed by atoms with Crippen molar-refractivity contribution in [2.24, 2.45) is 5.92 Å². The summed E-state index contributed by atoms with van der Waals surface area (Å²) in [4.78, 5) is 7.72. The number of aromatic nitrogens is 1. The summed E-state index contributed by atoms with van der Waals surface area (Å²) in [5.74, 6) is 0.472. The predicted molar refractivity (Wildman–Crippen MR) is 83.2 cm³/mol. The fourth-order valence-corrected chi connectivity index (χ4v) is 6.74. The Balaban J connectivity index is 1.69. The SMILES string of the molecule is CCOC[C@H]1CCS(=O)(=O)C12CN(Cc1scnc1C)C2. The van der Waals surface area contributed by atoms with Gasteiger partial charge in [-0.25, -0.2) is 13.4 Å². The summed E-state index contributed by atoms with van der Waals surface area (Å²) in [5, 5.41) is 0. The summed E-state index contributed by atoms with van der Waals surface area (Å²) < 4.78 is 29.9. The first-order valence-corrected chi connectivity index (χ1v) is 9.93. The van der Waals surface area contributed by atoms with Crippen molar-refractivity contribution in [1.29, 1.82) is 0 Å². The maximum Gasteiger partial charge on any atom is 0.158 e. The van der Waals surface area contributed by atoms with E-state index >= 15 is 0 Å². The normalized spacial score (nSPS) is 27.0. The first kappa shape index (κ1) is 15.4. The molecule has 0 aliphatic carbocycles. The number of likely N-dealkylation sites (tertiary alicyclic amines) is 1. The molecule has 0 bridgehead atoms. The van der Waals surface area contributed by atoms with Crippen molar-refractivity contribution in [2.45, 2.75) is 31.6 Å². The molecule has 1 aromatic rings. The van der Waals surface area contributed by atoms with Crippen LogP contribution in [0.1, 0.15) is 23.9 Å². The first-order valence-electron chi connectivity index (χ1n) is 7.40. The highest BCUT2D eigenvalue weighted by Crippen LogP contribution is 2.45. The molecule has 1 aromatic heterocycles. The van der Waals surface area contributed by atoms with Crippen LogP contribution in [0.15, 0.2) is 5.51 Å². The van der Waals surface area contributed by atoms with Crippen molar-refractivity contribution in [3.05, 3.63) is 16.1 Å². The lowest BCUT2D eigenvalue weighted by Crippen LogP contribution is -2.67. The fraction of sp³-hybridized carbons (Fsp3) is 0.786. The van der Waals surface area contributed by atoms with Gasteiger partial charge in [-0.3, -0.25) is 4.90 Å². The molecule has 3 rings (SSSR count). The van der Waals surface area contributed by atoms with E-state index in [1.54, 1.807) is 11.3 Å². The van der Waals surface area contributed by atoms with E-state index in [1.165, 1.54) is 4.88 Å². The Morgan fingerprint density at radius 2 is 2.29 bits per heavy atom. The lowest BCUT2D eigenvalue weighted by atomic mass is 9.83. The molecule has 2 fully saturated rings. The van der Waals surface area contributed by atoms with Crippen LogP contribution in [0, 0.1) is 12.8 Å². The molecule has 5 nitrogen and oxygen atoms in total. The molecule has 2 saturated heterocycles. The van der Waals surface area contributed by atoms with Crippen molar-refractivity contribution in [1.82, 2.24) is 9.88 Å². The van der Waals surface area contributed by atoms with Gasteiger partial charge in [0.05, 0.1) is 23.6 Å². The van der Waals surface area contributed by atoms with Crippen LogP contribution in [-0.4, -0.2) is 55.1 Å². The number of nitrogens with zero attached hydrogens (tertiary/aromatic N) is 2. The van der Waals surface area contributed by atoms with Crippen molar-refractivity contribution < 1.29 is 13.2 Å². The minimum Gasteiger partial charge on any atom is -0.381 e. The fourth-order valence-electron chi connectivity index (χ4n) is 3.47. The lowest BCUT2D eigenvalue weighted by Gasteiger charge is -2.50. The third-order valence-electron chi connectivity index (χ3n) is 4.82. The topological polar surface area (TPSA) is 59.5 Å². The summed E-state index contributed by atoms with van der Waals surface area (Å²) in [6, 6.07) is 0. The van der Waals surface area contributed by atoms with Crippen molar-refractivity contribution >= 4 is 21.2 Å². The second-order valence-corrected chi connectivity index (χ2v) is 9.42. The zero-order valence-electron chi connectivity index (χ0n) is 12.5. The summed E-state index contributed by atoms with van der Waals surface area (Å²) in [5.41, 5.74) is 2.91. The average molecular weight is 330 g/mol. The van der Waals surface area contributed by atoms with Gasteiger partial charge < -0.3 is 4.74 Å². The maximum atomic E-state index is 12.5. The highest BCUT2D eigenvalue weighted by molar-refractivity contribution is 7.93. The van der Waals surface area contributed by atoms with E-state index in [0.717, 1.165) is 18.7 Å². The average Bonchev–Trinajstić information content (AvgIpc) is 2.90. The molecule has 118 valence electrons. The molecule has 7 heteroatoms. The van der Waals surface area contributed by atoms with E-state index in [2.05, 4.69) is 9.88 Å². The van der Waals surface area contributed by atoms with E-state index in [4.69, 9.17) is 4.74 Å². The third kappa shape index (κ3) is 2.54. The van der Waals surface area contributed by atoms with Gasteiger partial charge in [0.2, 0.25) is 0 Å². The Hall–Kier alpha value is -0.500. The quantitative estimate of drug-likeness (QED) is 0.818. The first-order chi connectivity index (χ1) is 9.98. The molecule has 1 spiro atoms. The van der Waals surface area contributed by atoms with Crippen LogP contribution in [0.4, 0.5) is 0 Å². The van der Waals surface area contributed by atoms with Crippen LogP contribution in [0.2, 0.25) is 0 Å². The van der Waals surface area contributed by atoms with Crippen molar-refractivity contribution in [3.8, 4) is 0 Å². The summed E-state index contributed by atoms with van der Waals surface area (Å²) in [6.45, 7) is 7.28. The Morgan fingerprint density at radius 1 is 1.52 bits per heavy atom. The predicted octanol–water partition coefficient (Wildman–Crippen LogP) is 1.48. The molecule has 0 aromatic carbocycles. The summed E-state index contributed by atoms with van der Waals surface area (Å²) in [6.07, 6.45) is 0.746. The minimum absolute atomic E-state index is 0.154. The molecule has 0 radical (unpaired) electrons. The summed E-state index contributed by atoms with van der Waals surface area (Å²) in [7, 11) is -2.99. The van der Waals surface area contributed by atoms with Gasteiger partial charge in [-0.2, -0.15) is 0 Å². The number of thiazole rings is 1. The van der Waals surface area contributed by atoms with Crippen LogP contribution in [0.3, 0.4) is 0 Å². The number of aryl methyl sites for hydroxylation is 1. The van der Waals surface area contributed by atoms with E-state index in [-0.39, 0.29) is 5.92 Å². The third-order valence-corrected chi connectivity index (χ3v) is 8.34. The molecule has 2 aliphatic heterocycles. The Bertz CT molecular complexity index is 605. The highest BCUT2D eigenvalue weighted by atomic mass is 32.2. The molecule has 21 heavy (non-hydrogen) atoms. The Labute approximate surface area is 130 Å². The summed E-state index contributed by atoms with van der Waals surface area (Å²) >= 11 is 1.65. The molecule has 2 aliphatic rings. The number of sulfone groups is 1. The molecular formula is C14H22N2O3S2. The largest absolute Gasteiger partial charge is 0.381 e. The standard InChI is InChI=1S/C14H22N2O3S2/c1-3-19-7-12-4-5-21(17,18)14(12)8-16(9-14)6-13-11(2)15-10-20-13/h10,12H,3-9H2,1-2H3/t12-/m1/s1. The van der Waals surface area contributed by atoms with E-state index < -0.39 is 14.6 Å². The van der Waals surface area contributed by atoms with Crippen LogP contribution in [0.25, 0.3) is 0 Å². The minimum atomic E-state index is -2.99. The Kier molecular flexibility index (Phi) is 4.11. The van der Waals surface area contributed by atoms with E-state index in [1.807, 2.05) is 19.4 Å². The van der Waals surface area contributed by atoms with Gasteiger partial charge in [-0.1, -0.05) is 0 Å². The molecule has 0 unspecified atom stereocenters. The monoisotopic (exact) mass is 330 g/mol. The molecule has 0 amide bonds. The van der Waals surface area contributed by atoms with Crippen LogP contribution in [0.5, 0.6) is 0 Å². The van der Waals surface area contributed by atoms with Gasteiger partial charge in [0.15, 0.2) is 9.84 Å². The van der Waals surface area contributed by atoms with Gasteiger partial charge in [0.25, 0.3) is 0 Å². The van der Waals surface area contributed by atoms with Crippen LogP contribution >= 0.6 is 11.3 Å². The van der Waals surface area contributed by atoms with E-state index in [0.29, 0.717) is 32.1 Å². The zero-order valence-corrected chi connectivity index (χ0v) is 14.2. The van der Waals surface area contributed by atoms with Gasteiger partial charge in [0.1, 0.15) is 4.75 Å². The molecule has 0 N–H and O–H groups in total. The van der Waals surface area contributed by atoms with Crippen LogP contribution < -0.4 is 0 Å². The molecule has 1 atom stereocenters. The zero-order chi connectivity index (χ0) is 15.1. The van der Waals surface area contributed by atoms with Crippen molar-refractivity contribution in [3.63, 3.8) is 0 Å². The van der Waals surface area contributed by atoms with Gasteiger partial charge in [0, 0.05) is 37.0 Å². The lowest BCUT2D eigenvalue weighted by molar-refractivity contribution is 0.0296. The number of ether oxygens (including phenoxy) is 1. The molecular weight excluding hydrogens is 308 g/mol. The molecule has 3 heterocycles. The van der Waals surface area contributed by atoms with E-state index in [9.17, 15) is 8.42 Å². The van der Waals surface area contributed by atoms with Gasteiger partial charge in [-0.05, 0) is 20.3 Å². The van der Waals surface area contributed by atoms with Crippen molar-refractivity contribution in [2.75, 3.05) is 32.1 Å². The second kappa shape index (κ2) is 5.61. The molecule has 0 saturated carbocycles.